The monoisotopic (exact) mass is 244 g/mol. The Kier molecular flexibility index (Phi) is 3.97. The summed E-state index contributed by atoms with van der Waals surface area (Å²) in [5.74, 6) is 0.936. The molecule has 2 aromatic rings. The van der Waals surface area contributed by atoms with Gasteiger partial charge in [-0.1, -0.05) is 13.0 Å². The van der Waals surface area contributed by atoms with Crippen molar-refractivity contribution in [1.29, 1.82) is 0 Å². The molecule has 2 heterocycles. The summed E-state index contributed by atoms with van der Waals surface area (Å²) >= 11 is 0. The number of anilines is 1. The van der Waals surface area contributed by atoms with E-state index in [1.165, 1.54) is 5.56 Å². The van der Waals surface area contributed by atoms with E-state index in [2.05, 4.69) is 46.0 Å². The van der Waals surface area contributed by atoms with Crippen LogP contribution < -0.4 is 5.32 Å². The summed E-state index contributed by atoms with van der Waals surface area (Å²) in [6, 6.07) is 4.30. The third-order valence-electron chi connectivity index (χ3n) is 2.97. The first-order valence-corrected chi connectivity index (χ1v) is 6.41. The lowest BCUT2D eigenvalue weighted by Gasteiger charge is -2.16. The highest BCUT2D eigenvalue weighted by atomic mass is 15.2. The minimum absolute atomic E-state index is 0.235. The molecule has 0 aliphatic heterocycles. The molecule has 1 atom stereocenters. The van der Waals surface area contributed by atoms with Gasteiger partial charge in [0.25, 0.3) is 0 Å². The molecular formula is C14H20N4. The van der Waals surface area contributed by atoms with Crippen LogP contribution in [0.25, 0.3) is 0 Å². The number of pyridine rings is 1. The molecule has 2 rings (SSSR count). The minimum Gasteiger partial charge on any atom is -0.356 e. The van der Waals surface area contributed by atoms with Gasteiger partial charge in [0.15, 0.2) is 0 Å². The Labute approximate surface area is 108 Å². The summed E-state index contributed by atoms with van der Waals surface area (Å²) < 4.78 is 2.17. The van der Waals surface area contributed by atoms with Gasteiger partial charge in [-0.3, -0.25) is 4.98 Å². The average molecular weight is 244 g/mol. The van der Waals surface area contributed by atoms with Crippen LogP contribution in [0.4, 0.5) is 5.95 Å². The van der Waals surface area contributed by atoms with Crippen LogP contribution in [-0.2, 0) is 0 Å². The van der Waals surface area contributed by atoms with Gasteiger partial charge in [-0.2, -0.15) is 0 Å². The van der Waals surface area contributed by atoms with Crippen LogP contribution in [0.5, 0.6) is 0 Å². The van der Waals surface area contributed by atoms with Crippen molar-refractivity contribution in [2.24, 2.45) is 0 Å². The largest absolute Gasteiger partial charge is 0.356 e. The van der Waals surface area contributed by atoms with Crippen LogP contribution in [0.2, 0.25) is 0 Å². The van der Waals surface area contributed by atoms with Gasteiger partial charge in [-0.15, -0.1) is 0 Å². The number of imidazole rings is 1. The highest BCUT2D eigenvalue weighted by molar-refractivity contribution is 5.32. The Hall–Kier alpha value is -1.84. The second kappa shape index (κ2) is 5.67. The Morgan fingerprint density at radius 2 is 2.28 bits per heavy atom. The average Bonchev–Trinajstić information content (AvgIpc) is 2.77. The van der Waals surface area contributed by atoms with Crippen molar-refractivity contribution in [1.82, 2.24) is 14.5 Å². The Morgan fingerprint density at radius 3 is 2.94 bits per heavy atom. The van der Waals surface area contributed by atoms with Crippen molar-refractivity contribution >= 4 is 5.95 Å². The minimum atomic E-state index is 0.235. The lowest BCUT2D eigenvalue weighted by atomic mass is 10.1. The first-order valence-electron chi connectivity index (χ1n) is 6.41. The molecule has 0 aliphatic carbocycles. The molecular weight excluding hydrogens is 224 g/mol. The van der Waals surface area contributed by atoms with E-state index in [1.54, 1.807) is 6.20 Å². The summed E-state index contributed by atoms with van der Waals surface area (Å²) in [5, 5.41) is 3.37. The predicted octanol–water partition coefficient (Wildman–Crippen LogP) is 3.02. The molecule has 0 aliphatic rings. The van der Waals surface area contributed by atoms with Crippen LogP contribution in [-0.4, -0.2) is 21.1 Å². The number of hydrogen-bond acceptors (Lipinski definition) is 3. The van der Waals surface area contributed by atoms with E-state index < -0.39 is 0 Å². The number of rotatable bonds is 5. The van der Waals surface area contributed by atoms with Crippen molar-refractivity contribution in [2.75, 3.05) is 11.9 Å². The van der Waals surface area contributed by atoms with E-state index in [-0.39, 0.29) is 6.04 Å². The third kappa shape index (κ3) is 2.70. The van der Waals surface area contributed by atoms with E-state index in [4.69, 9.17) is 0 Å². The van der Waals surface area contributed by atoms with Gasteiger partial charge >= 0.3 is 0 Å². The summed E-state index contributed by atoms with van der Waals surface area (Å²) in [6.07, 6.45) is 6.87. The van der Waals surface area contributed by atoms with Gasteiger partial charge in [-0.25, -0.2) is 4.98 Å². The molecule has 96 valence electrons. The standard InChI is InChI=1S/C14H20N4/c1-4-7-16-14-17-11(2)10-18(14)12(3)13-6-5-8-15-9-13/h5-6,8-10,12H,4,7H2,1-3H3,(H,16,17). The zero-order chi connectivity index (χ0) is 13.0. The Morgan fingerprint density at radius 1 is 1.44 bits per heavy atom. The number of aromatic nitrogens is 3. The van der Waals surface area contributed by atoms with Crippen molar-refractivity contribution in [3.05, 3.63) is 42.0 Å². The summed E-state index contributed by atoms with van der Waals surface area (Å²) in [5.41, 5.74) is 2.22. The number of aryl methyl sites for hydroxylation is 1. The Balaban J connectivity index is 2.27. The molecule has 0 fully saturated rings. The smallest absolute Gasteiger partial charge is 0.203 e. The second-order valence-corrected chi connectivity index (χ2v) is 4.50. The topological polar surface area (TPSA) is 42.7 Å². The SMILES string of the molecule is CCCNc1nc(C)cn1C(C)c1cccnc1. The molecule has 0 radical (unpaired) electrons. The number of nitrogens with zero attached hydrogens (tertiary/aromatic N) is 3. The summed E-state index contributed by atoms with van der Waals surface area (Å²) in [7, 11) is 0. The summed E-state index contributed by atoms with van der Waals surface area (Å²) in [4.78, 5) is 8.70. The Bertz CT molecular complexity index is 490. The van der Waals surface area contributed by atoms with Gasteiger partial charge in [0, 0.05) is 25.1 Å². The zero-order valence-electron chi connectivity index (χ0n) is 11.2. The normalized spacial score (nSPS) is 12.4. The first-order chi connectivity index (χ1) is 8.72. The number of hydrogen-bond donors (Lipinski definition) is 1. The summed E-state index contributed by atoms with van der Waals surface area (Å²) in [6.45, 7) is 7.27. The maximum atomic E-state index is 4.53. The maximum Gasteiger partial charge on any atom is 0.203 e. The molecule has 0 saturated carbocycles. The quantitative estimate of drug-likeness (QED) is 0.879. The molecule has 0 spiro atoms. The van der Waals surface area contributed by atoms with Gasteiger partial charge in [0.05, 0.1) is 11.7 Å². The van der Waals surface area contributed by atoms with Crippen molar-refractivity contribution < 1.29 is 0 Å². The molecule has 0 aromatic carbocycles. The van der Waals surface area contributed by atoms with Gasteiger partial charge in [0.1, 0.15) is 0 Å². The molecule has 18 heavy (non-hydrogen) atoms. The van der Waals surface area contributed by atoms with Gasteiger partial charge in [0.2, 0.25) is 5.95 Å². The fourth-order valence-electron chi connectivity index (χ4n) is 1.96. The lowest BCUT2D eigenvalue weighted by molar-refractivity contribution is 0.640. The molecule has 2 aromatic heterocycles. The lowest BCUT2D eigenvalue weighted by Crippen LogP contribution is -2.12. The fraction of sp³-hybridized carbons (Fsp3) is 0.429. The fourth-order valence-corrected chi connectivity index (χ4v) is 1.96. The van der Waals surface area contributed by atoms with E-state index >= 15 is 0 Å². The molecule has 4 heteroatoms. The van der Waals surface area contributed by atoms with Gasteiger partial charge in [-0.05, 0) is 31.9 Å². The molecule has 0 amide bonds. The van der Waals surface area contributed by atoms with Crippen molar-refractivity contribution in [3.8, 4) is 0 Å². The van der Waals surface area contributed by atoms with Crippen LogP contribution in [0.1, 0.15) is 37.6 Å². The number of nitrogens with one attached hydrogen (secondary N) is 1. The zero-order valence-corrected chi connectivity index (χ0v) is 11.2. The van der Waals surface area contributed by atoms with Crippen LogP contribution in [0.15, 0.2) is 30.7 Å². The van der Waals surface area contributed by atoms with E-state index in [1.807, 2.05) is 19.2 Å². The van der Waals surface area contributed by atoms with E-state index in [0.717, 1.165) is 24.6 Å². The van der Waals surface area contributed by atoms with Crippen molar-refractivity contribution in [3.63, 3.8) is 0 Å². The highest BCUT2D eigenvalue weighted by Crippen LogP contribution is 2.22. The van der Waals surface area contributed by atoms with E-state index in [9.17, 15) is 0 Å². The maximum absolute atomic E-state index is 4.53. The predicted molar refractivity (Wildman–Crippen MR) is 73.8 cm³/mol. The van der Waals surface area contributed by atoms with Crippen LogP contribution in [0, 0.1) is 6.92 Å². The first kappa shape index (κ1) is 12.6. The third-order valence-corrected chi connectivity index (χ3v) is 2.97. The van der Waals surface area contributed by atoms with Crippen LogP contribution in [0.3, 0.4) is 0 Å². The molecule has 1 unspecified atom stereocenters. The highest BCUT2D eigenvalue weighted by Gasteiger charge is 2.13. The second-order valence-electron chi connectivity index (χ2n) is 4.50. The molecule has 0 bridgehead atoms. The molecule has 0 saturated heterocycles. The molecule has 4 nitrogen and oxygen atoms in total. The van der Waals surface area contributed by atoms with Crippen LogP contribution >= 0.6 is 0 Å². The molecule has 1 N–H and O–H groups in total. The van der Waals surface area contributed by atoms with Gasteiger partial charge < -0.3 is 9.88 Å². The van der Waals surface area contributed by atoms with E-state index in [0.29, 0.717) is 0 Å². The van der Waals surface area contributed by atoms with Crippen molar-refractivity contribution in [2.45, 2.75) is 33.2 Å².